The number of halogens is 1. The van der Waals surface area contributed by atoms with Crippen LogP contribution in [0.4, 0.5) is 4.39 Å². The average molecular weight is 384 g/mol. The van der Waals surface area contributed by atoms with E-state index in [0.717, 1.165) is 42.6 Å². The molecule has 0 aliphatic heterocycles. The van der Waals surface area contributed by atoms with Crippen LogP contribution in [0.25, 0.3) is 6.08 Å². The highest BCUT2D eigenvalue weighted by Gasteiger charge is 2.37. The van der Waals surface area contributed by atoms with E-state index in [2.05, 4.69) is 6.08 Å². The van der Waals surface area contributed by atoms with Gasteiger partial charge >= 0.3 is 0 Å². The number of benzene rings is 2. The van der Waals surface area contributed by atoms with Gasteiger partial charge in [0.25, 0.3) is 0 Å². The van der Waals surface area contributed by atoms with Crippen molar-refractivity contribution in [3.63, 3.8) is 0 Å². The Morgan fingerprint density at radius 3 is 2.68 bits per heavy atom. The molecule has 0 bridgehead atoms. The standard InChI is InChI=1S/C24H30FNO2/c1-26(2)17-21-22(12-8-13-23(21)25)24(27)14-6-4-5-10-19(24)15-18-9-7-11-20(16-18)28-3/h7-9,11-13,15-16,27H,4-6,10,14,17H2,1-3H3. The molecule has 0 radical (unpaired) electrons. The fourth-order valence-corrected chi connectivity index (χ4v) is 4.10. The number of hydrogen-bond acceptors (Lipinski definition) is 3. The van der Waals surface area contributed by atoms with Crippen molar-refractivity contribution in [3.05, 3.63) is 70.5 Å². The lowest BCUT2D eigenvalue weighted by Crippen LogP contribution is -2.30. The first-order valence-electron chi connectivity index (χ1n) is 9.94. The molecule has 0 aromatic heterocycles. The monoisotopic (exact) mass is 383 g/mol. The average Bonchev–Trinajstić information content (AvgIpc) is 2.85. The van der Waals surface area contributed by atoms with E-state index in [0.29, 0.717) is 24.1 Å². The first-order chi connectivity index (χ1) is 13.4. The molecule has 0 amide bonds. The minimum absolute atomic E-state index is 0.260. The van der Waals surface area contributed by atoms with E-state index in [4.69, 9.17) is 4.74 Å². The smallest absolute Gasteiger partial charge is 0.128 e. The van der Waals surface area contributed by atoms with Crippen molar-refractivity contribution in [1.29, 1.82) is 0 Å². The van der Waals surface area contributed by atoms with Gasteiger partial charge < -0.3 is 14.7 Å². The highest BCUT2D eigenvalue weighted by molar-refractivity contribution is 5.59. The Kier molecular flexibility index (Phi) is 6.53. The highest BCUT2D eigenvalue weighted by atomic mass is 19.1. The van der Waals surface area contributed by atoms with Gasteiger partial charge in [-0.15, -0.1) is 0 Å². The summed E-state index contributed by atoms with van der Waals surface area (Å²) < 4.78 is 20.1. The summed E-state index contributed by atoms with van der Waals surface area (Å²) in [7, 11) is 5.48. The van der Waals surface area contributed by atoms with E-state index in [9.17, 15) is 9.50 Å². The van der Waals surface area contributed by atoms with Crippen molar-refractivity contribution < 1.29 is 14.2 Å². The van der Waals surface area contributed by atoms with Gasteiger partial charge in [0.05, 0.1) is 7.11 Å². The van der Waals surface area contributed by atoms with E-state index >= 15 is 0 Å². The molecule has 28 heavy (non-hydrogen) atoms. The number of aliphatic hydroxyl groups is 1. The molecule has 0 saturated heterocycles. The molecule has 0 spiro atoms. The first kappa shape index (κ1) is 20.6. The molecule has 1 atom stereocenters. The molecule has 2 aromatic carbocycles. The second kappa shape index (κ2) is 8.89. The maximum absolute atomic E-state index is 14.7. The Hall–Kier alpha value is -2.17. The van der Waals surface area contributed by atoms with Crippen LogP contribution in [0.3, 0.4) is 0 Å². The van der Waals surface area contributed by atoms with E-state index in [1.165, 1.54) is 6.07 Å². The van der Waals surface area contributed by atoms with E-state index in [1.807, 2.05) is 49.3 Å². The summed E-state index contributed by atoms with van der Waals surface area (Å²) in [6, 6.07) is 12.9. The molecule has 0 heterocycles. The Bertz CT molecular complexity index is 846. The summed E-state index contributed by atoms with van der Waals surface area (Å²) in [4.78, 5) is 1.94. The fraction of sp³-hybridized carbons (Fsp3) is 0.417. The van der Waals surface area contributed by atoms with Crippen LogP contribution in [0.5, 0.6) is 5.75 Å². The molecule has 2 aromatic rings. The van der Waals surface area contributed by atoms with Crippen molar-refractivity contribution in [2.45, 2.75) is 44.2 Å². The van der Waals surface area contributed by atoms with Crippen molar-refractivity contribution in [3.8, 4) is 5.75 Å². The largest absolute Gasteiger partial charge is 0.497 e. The van der Waals surface area contributed by atoms with Crippen molar-refractivity contribution in [2.75, 3.05) is 21.2 Å². The number of ether oxygens (including phenoxy) is 1. The van der Waals surface area contributed by atoms with Crippen LogP contribution in [-0.4, -0.2) is 31.2 Å². The molecule has 3 rings (SSSR count). The van der Waals surface area contributed by atoms with Crippen LogP contribution in [-0.2, 0) is 12.1 Å². The maximum atomic E-state index is 14.7. The van der Waals surface area contributed by atoms with Gasteiger partial charge in [-0.3, -0.25) is 0 Å². The lowest BCUT2D eigenvalue weighted by Gasteiger charge is -2.33. The summed E-state index contributed by atoms with van der Waals surface area (Å²) in [5.74, 6) is 0.523. The number of methoxy groups -OCH3 is 1. The van der Waals surface area contributed by atoms with Gasteiger partial charge in [0.1, 0.15) is 17.2 Å². The molecule has 1 aliphatic carbocycles. The van der Waals surface area contributed by atoms with E-state index in [1.54, 1.807) is 13.2 Å². The van der Waals surface area contributed by atoms with Crippen LogP contribution in [0, 0.1) is 5.82 Å². The Labute approximate surface area is 167 Å². The van der Waals surface area contributed by atoms with Gasteiger partial charge in [0, 0.05) is 12.1 Å². The maximum Gasteiger partial charge on any atom is 0.128 e. The van der Waals surface area contributed by atoms with Crippen LogP contribution in [0.15, 0.2) is 48.0 Å². The molecule has 150 valence electrons. The van der Waals surface area contributed by atoms with Gasteiger partial charge in [0.15, 0.2) is 0 Å². The van der Waals surface area contributed by atoms with Crippen LogP contribution < -0.4 is 4.74 Å². The molecular weight excluding hydrogens is 353 g/mol. The minimum atomic E-state index is -1.16. The number of rotatable bonds is 5. The second-order valence-electron chi connectivity index (χ2n) is 7.87. The molecule has 1 unspecified atom stereocenters. The first-order valence-corrected chi connectivity index (χ1v) is 9.94. The Morgan fingerprint density at radius 1 is 1.14 bits per heavy atom. The molecule has 3 nitrogen and oxygen atoms in total. The van der Waals surface area contributed by atoms with Crippen LogP contribution in [0.2, 0.25) is 0 Å². The topological polar surface area (TPSA) is 32.7 Å². The predicted molar refractivity (Wildman–Crippen MR) is 112 cm³/mol. The number of nitrogens with zero attached hydrogens (tertiary/aromatic N) is 1. The SMILES string of the molecule is COc1cccc(C=C2CCCCCC2(O)c2cccc(F)c2CN(C)C)c1. The van der Waals surface area contributed by atoms with Crippen LogP contribution >= 0.6 is 0 Å². The second-order valence-corrected chi connectivity index (χ2v) is 7.87. The summed E-state index contributed by atoms with van der Waals surface area (Å²) in [5, 5.41) is 11.9. The zero-order valence-electron chi connectivity index (χ0n) is 17.0. The fourth-order valence-electron chi connectivity index (χ4n) is 4.10. The Balaban J connectivity index is 2.12. The van der Waals surface area contributed by atoms with E-state index < -0.39 is 5.60 Å². The summed E-state index contributed by atoms with van der Waals surface area (Å²) in [6.45, 7) is 0.455. The van der Waals surface area contributed by atoms with Gasteiger partial charge in [-0.2, -0.15) is 0 Å². The van der Waals surface area contributed by atoms with Gasteiger partial charge in [-0.25, -0.2) is 4.39 Å². The van der Waals surface area contributed by atoms with Crippen molar-refractivity contribution in [1.82, 2.24) is 4.90 Å². The van der Waals surface area contributed by atoms with Gasteiger partial charge in [-0.05, 0) is 74.7 Å². The quantitative estimate of drug-likeness (QED) is 0.727. The number of hydrogen-bond donors (Lipinski definition) is 1. The van der Waals surface area contributed by atoms with Crippen molar-refractivity contribution in [2.24, 2.45) is 0 Å². The predicted octanol–water partition coefficient (Wildman–Crippen LogP) is 5.13. The van der Waals surface area contributed by atoms with Gasteiger partial charge in [-0.1, -0.05) is 36.8 Å². The van der Waals surface area contributed by atoms with E-state index in [-0.39, 0.29) is 5.82 Å². The summed E-state index contributed by atoms with van der Waals surface area (Å²) >= 11 is 0. The molecule has 1 N–H and O–H groups in total. The minimum Gasteiger partial charge on any atom is -0.497 e. The highest BCUT2D eigenvalue weighted by Crippen LogP contribution is 2.43. The Morgan fingerprint density at radius 2 is 1.93 bits per heavy atom. The molecule has 1 saturated carbocycles. The van der Waals surface area contributed by atoms with Gasteiger partial charge in [0.2, 0.25) is 0 Å². The molecule has 4 heteroatoms. The molecule has 1 fully saturated rings. The molecular formula is C24H30FNO2. The third-order valence-electron chi connectivity index (χ3n) is 5.49. The third kappa shape index (κ3) is 4.45. The molecule has 1 aliphatic rings. The summed E-state index contributed by atoms with van der Waals surface area (Å²) in [5.41, 5.74) is 2.04. The normalized spacial score (nSPS) is 21.7. The zero-order valence-corrected chi connectivity index (χ0v) is 17.0. The lowest BCUT2D eigenvalue weighted by atomic mass is 9.79. The lowest BCUT2D eigenvalue weighted by molar-refractivity contribution is 0.0646. The van der Waals surface area contributed by atoms with Crippen molar-refractivity contribution >= 4 is 6.08 Å². The zero-order chi connectivity index (χ0) is 20.1. The summed E-state index contributed by atoms with van der Waals surface area (Å²) in [6.07, 6.45) is 6.47. The van der Waals surface area contributed by atoms with Crippen LogP contribution in [0.1, 0.15) is 48.8 Å². The third-order valence-corrected chi connectivity index (χ3v) is 5.49.